The monoisotopic (exact) mass is 357 g/mol. The fraction of sp³-hybridized carbons (Fsp3) is 0.176. The zero-order chi connectivity index (χ0) is 16.8. The van der Waals surface area contributed by atoms with Crippen LogP contribution in [-0.2, 0) is 12.7 Å². The van der Waals surface area contributed by atoms with Crippen LogP contribution in [0, 0.1) is 6.92 Å². The van der Waals surface area contributed by atoms with Gasteiger partial charge in [-0.15, -0.1) is 0 Å². The van der Waals surface area contributed by atoms with Crippen molar-refractivity contribution < 1.29 is 13.2 Å². The second-order valence-electron chi connectivity index (χ2n) is 5.37. The first-order valence-electron chi connectivity index (χ1n) is 6.87. The van der Waals surface area contributed by atoms with Crippen molar-refractivity contribution in [2.45, 2.75) is 19.6 Å². The van der Waals surface area contributed by atoms with Crippen molar-refractivity contribution >= 4 is 34.1 Å². The van der Waals surface area contributed by atoms with Crippen molar-refractivity contribution in [3.05, 3.63) is 69.3 Å². The molecule has 0 amide bonds. The van der Waals surface area contributed by atoms with E-state index < -0.39 is 11.7 Å². The number of rotatable bonds is 2. The lowest BCUT2D eigenvalue weighted by Gasteiger charge is -2.12. The number of hydrogen-bond donors (Lipinski definition) is 0. The summed E-state index contributed by atoms with van der Waals surface area (Å²) in [4.78, 5) is 0. The van der Waals surface area contributed by atoms with Crippen LogP contribution in [0.5, 0.6) is 0 Å². The predicted octanol–water partition coefficient (Wildman–Crippen LogP) is 6.32. The van der Waals surface area contributed by atoms with Gasteiger partial charge in [0.1, 0.15) is 0 Å². The lowest BCUT2D eigenvalue weighted by molar-refractivity contribution is -0.137. The average molecular weight is 358 g/mol. The molecule has 0 saturated carbocycles. The molecule has 0 aliphatic heterocycles. The molecule has 2 aromatic carbocycles. The van der Waals surface area contributed by atoms with Gasteiger partial charge in [0.05, 0.1) is 12.1 Å². The van der Waals surface area contributed by atoms with Crippen LogP contribution in [-0.4, -0.2) is 4.57 Å². The van der Waals surface area contributed by atoms with Crippen LogP contribution >= 0.6 is 23.2 Å². The van der Waals surface area contributed by atoms with E-state index in [1.54, 1.807) is 18.3 Å². The highest BCUT2D eigenvalue weighted by molar-refractivity contribution is 6.36. The number of benzene rings is 2. The van der Waals surface area contributed by atoms with E-state index in [0.717, 1.165) is 23.3 Å². The normalized spacial score (nSPS) is 12.1. The molecule has 0 N–H and O–H groups in total. The minimum atomic E-state index is -4.35. The van der Waals surface area contributed by atoms with Crippen molar-refractivity contribution in [1.29, 1.82) is 0 Å². The predicted molar refractivity (Wildman–Crippen MR) is 87.2 cm³/mol. The van der Waals surface area contributed by atoms with E-state index >= 15 is 0 Å². The average Bonchev–Trinajstić information content (AvgIpc) is 2.89. The Balaban J connectivity index is 2.04. The molecule has 6 heteroatoms. The van der Waals surface area contributed by atoms with Crippen molar-refractivity contribution in [3.63, 3.8) is 0 Å². The van der Waals surface area contributed by atoms with E-state index in [4.69, 9.17) is 23.2 Å². The summed E-state index contributed by atoms with van der Waals surface area (Å²) < 4.78 is 40.2. The first kappa shape index (κ1) is 16.2. The Morgan fingerprint density at radius 2 is 1.78 bits per heavy atom. The summed E-state index contributed by atoms with van der Waals surface area (Å²) in [6, 6.07) is 8.95. The van der Waals surface area contributed by atoms with Gasteiger partial charge in [0.25, 0.3) is 0 Å². The third-order valence-electron chi connectivity index (χ3n) is 3.81. The van der Waals surface area contributed by atoms with Crippen LogP contribution in [0.1, 0.15) is 16.7 Å². The topological polar surface area (TPSA) is 4.93 Å². The van der Waals surface area contributed by atoms with Gasteiger partial charge in [-0.2, -0.15) is 13.2 Å². The Morgan fingerprint density at radius 3 is 2.48 bits per heavy atom. The Labute approximate surface area is 141 Å². The molecule has 0 aliphatic carbocycles. The molecular weight excluding hydrogens is 346 g/mol. The van der Waals surface area contributed by atoms with E-state index in [0.29, 0.717) is 27.5 Å². The number of aryl methyl sites for hydroxylation is 1. The van der Waals surface area contributed by atoms with Gasteiger partial charge >= 0.3 is 6.18 Å². The van der Waals surface area contributed by atoms with E-state index in [1.165, 1.54) is 6.07 Å². The second kappa shape index (κ2) is 5.77. The zero-order valence-electron chi connectivity index (χ0n) is 12.1. The molecule has 1 aromatic heterocycles. The Morgan fingerprint density at radius 1 is 1.04 bits per heavy atom. The van der Waals surface area contributed by atoms with E-state index in [2.05, 4.69) is 0 Å². The SMILES string of the molecule is Cc1ccc(Cl)c(Cn2ccc3cc(C(F)(F)F)ccc32)c1Cl. The molecule has 3 aromatic rings. The smallest absolute Gasteiger partial charge is 0.343 e. The number of hydrogen-bond acceptors (Lipinski definition) is 0. The summed E-state index contributed by atoms with van der Waals surface area (Å²) in [6.45, 7) is 2.28. The van der Waals surface area contributed by atoms with Crippen molar-refractivity contribution in [3.8, 4) is 0 Å². The van der Waals surface area contributed by atoms with Gasteiger partial charge in [0.15, 0.2) is 0 Å². The fourth-order valence-corrected chi connectivity index (χ4v) is 3.03. The largest absolute Gasteiger partial charge is 0.416 e. The maximum Gasteiger partial charge on any atom is 0.416 e. The lowest BCUT2D eigenvalue weighted by atomic mass is 10.1. The number of nitrogens with zero attached hydrogens (tertiary/aromatic N) is 1. The van der Waals surface area contributed by atoms with Gasteiger partial charge in [-0.25, -0.2) is 0 Å². The molecule has 0 unspecified atom stereocenters. The molecular formula is C17H12Cl2F3N. The maximum absolute atomic E-state index is 12.8. The van der Waals surface area contributed by atoms with Crippen LogP contribution in [0.3, 0.4) is 0 Å². The molecule has 0 saturated heterocycles. The number of alkyl halides is 3. The van der Waals surface area contributed by atoms with Crippen LogP contribution in [0.25, 0.3) is 10.9 Å². The Hall–Kier alpha value is -1.65. The Kier molecular flexibility index (Phi) is 4.07. The number of fused-ring (bicyclic) bond motifs is 1. The van der Waals surface area contributed by atoms with Crippen LogP contribution in [0.15, 0.2) is 42.6 Å². The molecule has 23 heavy (non-hydrogen) atoms. The molecule has 0 bridgehead atoms. The van der Waals surface area contributed by atoms with Crippen molar-refractivity contribution in [2.24, 2.45) is 0 Å². The fourth-order valence-electron chi connectivity index (χ4n) is 2.54. The molecule has 120 valence electrons. The minimum Gasteiger partial charge on any atom is -0.343 e. The molecule has 0 atom stereocenters. The highest BCUT2D eigenvalue weighted by Gasteiger charge is 2.30. The Bertz CT molecular complexity index is 881. The summed E-state index contributed by atoms with van der Waals surface area (Å²) in [5, 5.41) is 1.64. The van der Waals surface area contributed by atoms with Gasteiger partial charge in [0, 0.05) is 32.7 Å². The zero-order valence-corrected chi connectivity index (χ0v) is 13.6. The van der Waals surface area contributed by atoms with E-state index in [-0.39, 0.29) is 0 Å². The molecule has 3 rings (SSSR count). The second-order valence-corrected chi connectivity index (χ2v) is 6.16. The highest BCUT2D eigenvalue weighted by Crippen LogP contribution is 2.33. The minimum absolute atomic E-state index is 0.397. The summed E-state index contributed by atoms with van der Waals surface area (Å²) in [7, 11) is 0. The first-order valence-corrected chi connectivity index (χ1v) is 7.62. The molecule has 0 aliphatic rings. The van der Waals surface area contributed by atoms with Gasteiger partial charge in [-0.05, 0) is 42.8 Å². The molecule has 0 radical (unpaired) electrons. The third-order valence-corrected chi connectivity index (χ3v) is 4.69. The molecule has 0 fully saturated rings. The van der Waals surface area contributed by atoms with Crippen molar-refractivity contribution in [2.75, 3.05) is 0 Å². The first-order chi connectivity index (χ1) is 10.8. The molecule has 0 spiro atoms. The van der Waals surface area contributed by atoms with Crippen LogP contribution < -0.4 is 0 Å². The summed E-state index contributed by atoms with van der Waals surface area (Å²) >= 11 is 12.5. The van der Waals surface area contributed by atoms with Gasteiger partial charge in [-0.3, -0.25) is 0 Å². The van der Waals surface area contributed by atoms with E-state index in [1.807, 2.05) is 17.6 Å². The highest BCUT2D eigenvalue weighted by atomic mass is 35.5. The van der Waals surface area contributed by atoms with Gasteiger partial charge in [-0.1, -0.05) is 29.3 Å². The number of halogens is 5. The third kappa shape index (κ3) is 3.06. The van der Waals surface area contributed by atoms with Crippen LogP contribution in [0.4, 0.5) is 13.2 Å². The van der Waals surface area contributed by atoms with E-state index in [9.17, 15) is 13.2 Å². The summed E-state index contributed by atoms with van der Waals surface area (Å²) in [5.41, 5.74) is 1.70. The molecule has 1 nitrogen and oxygen atoms in total. The molecule has 1 heterocycles. The standard InChI is InChI=1S/C17H12Cl2F3N/c1-10-2-4-14(18)13(16(10)19)9-23-7-6-11-8-12(17(20,21)22)3-5-15(11)23/h2-8H,9H2,1H3. The summed E-state index contributed by atoms with van der Waals surface area (Å²) in [5.74, 6) is 0. The quantitative estimate of drug-likeness (QED) is 0.505. The lowest BCUT2D eigenvalue weighted by Crippen LogP contribution is -2.05. The number of aromatic nitrogens is 1. The van der Waals surface area contributed by atoms with Crippen molar-refractivity contribution in [1.82, 2.24) is 4.57 Å². The van der Waals surface area contributed by atoms with Gasteiger partial charge in [0.2, 0.25) is 0 Å². The van der Waals surface area contributed by atoms with Gasteiger partial charge < -0.3 is 4.57 Å². The maximum atomic E-state index is 12.8. The summed E-state index contributed by atoms with van der Waals surface area (Å²) in [6.07, 6.45) is -2.61. The van der Waals surface area contributed by atoms with Crippen LogP contribution in [0.2, 0.25) is 10.0 Å².